The summed E-state index contributed by atoms with van der Waals surface area (Å²) in [5.74, 6) is 0.908. The zero-order chi connectivity index (χ0) is 17.4. The summed E-state index contributed by atoms with van der Waals surface area (Å²) in [6, 6.07) is 16.0. The van der Waals surface area contributed by atoms with Gasteiger partial charge in [-0.1, -0.05) is 18.2 Å². The van der Waals surface area contributed by atoms with Crippen molar-refractivity contribution < 1.29 is 4.39 Å². The number of aromatic nitrogens is 4. The van der Waals surface area contributed by atoms with Crippen LogP contribution in [0.3, 0.4) is 0 Å². The molecule has 0 saturated heterocycles. The molecule has 0 fully saturated rings. The molecule has 0 aliphatic carbocycles. The van der Waals surface area contributed by atoms with Crippen LogP contribution in [0.15, 0.2) is 54.6 Å². The number of hydrogen-bond donors (Lipinski definition) is 1. The highest BCUT2D eigenvalue weighted by Crippen LogP contribution is 2.28. The van der Waals surface area contributed by atoms with Crippen molar-refractivity contribution in [3.05, 3.63) is 66.1 Å². The van der Waals surface area contributed by atoms with Gasteiger partial charge in [-0.25, -0.2) is 14.4 Å². The Kier molecular flexibility index (Phi) is 3.65. The average molecular weight is 333 g/mol. The molecule has 2 heterocycles. The van der Waals surface area contributed by atoms with Gasteiger partial charge in [-0.15, -0.1) is 0 Å². The third-order valence-corrected chi connectivity index (χ3v) is 3.99. The molecule has 4 rings (SSSR count). The third-order valence-electron chi connectivity index (χ3n) is 3.99. The van der Waals surface area contributed by atoms with E-state index in [-0.39, 0.29) is 5.82 Å². The van der Waals surface area contributed by atoms with Crippen molar-refractivity contribution in [2.75, 3.05) is 5.32 Å². The first-order valence-corrected chi connectivity index (χ1v) is 7.91. The highest BCUT2D eigenvalue weighted by molar-refractivity contribution is 5.90. The molecule has 5 nitrogen and oxygen atoms in total. The Bertz CT molecular complexity index is 1040. The molecular weight excluding hydrogens is 317 g/mol. The van der Waals surface area contributed by atoms with Crippen LogP contribution in [-0.2, 0) is 7.05 Å². The Hall–Kier alpha value is -3.28. The summed E-state index contributed by atoms with van der Waals surface area (Å²) in [4.78, 5) is 9.31. The van der Waals surface area contributed by atoms with E-state index in [1.807, 2.05) is 44.3 Å². The molecule has 6 heteroatoms. The van der Waals surface area contributed by atoms with Gasteiger partial charge >= 0.3 is 0 Å². The Morgan fingerprint density at radius 3 is 2.40 bits per heavy atom. The fraction of sp³-hybridized carbons (Fsp3) is 0.105. The van der Waals surface area contributed by atoms with Gasteiger partial charge in [0.2, 0.25) is 0 Å². The summed E-state index contributed by atoms with van der Waals surface area (Å²) in [5.41, 5.74) is 4.09. The molecule has 25 heavy (non-hydrogen) atoms. The molecule has 1 N–H and O–H groups in total. The van der Waals surface area contributed by atoms with E-state index in [0.29, 0.717) is 11.6 Å². The molecule has 0 aliphatic heterocycles. The molecule has 0 aliphatic rings. The zero-order valence-corrected chi connectivity index (χ0v) is 13.9. The van der Waals surface area contributed by atoms with E-state index in [9.17, 15) is 4.39 Å². The minimum absolute atomic E-state index is 0.287. The Labute approximate surface area is 144 Å². The smallest absolute Gasteiger partial charge is 0.162 e. The average Bonchev–Trinajstić information content (AvgIpc) is 2.91. The SMILES string of the molecule is Cc1nn(C)c2c(Nc3ccccc3)nc(-c3ccc(F)cc3)nc12. The summed E-state index contributed by atoms with van der Waals surface area (Å²) in [5, 5.41) is 7.79. The van der Waals surface area contributed by atoms with Crippen molar-refractivity contribution >= 4 is 22.5 Å². The van der Waals surface area contributed by atoms with E-state index in [2.05, 4.69) is 20.4 Å². The van der Waals surface area contributed by atoms with Gasteiger partial charge in [0.25, 0.3) is 0 Å². The molecule has 0 atom stereocenters. The summed E-state index contributed by atoms with van der Waals surface area (Å²) in [6.07, 6.45) is 0. The number of benzene rings is 2. The lowest BCUT2D eigenvalue weighted by Crippen LogP contribution is -2.01. The van der Waals surface area contributed by atoms with Gasteiger partial charge in [0.15, 0.2) is 11.6 Å². The lowest BCUT2D eigenvalue weighted by molar-refractivity contribution is 0.628. The van der Waals surface area contributed by atoms with Crippen molar-refractivity contribution in [1.82, 2.24) is 19.7 Å². The molecule has 2 aromatic carbocycles. The van der Waals surface area contributed by atoms with E-state index < -0.39 is 0 Å². The first kappa shape index (κ1) is 15.3. The molecule has 2 aromatic heterocycles. The van der Waals surface area contributed by atoms with Crippen LogP contribution in [0.4, 0.5) is 15.9 Å². The largest absolute Gasteiger partial charge is 0.338 e. The third kappa shape index (κ3) is 2.82. The van der Waals surface area contributed by atoms with E-state index in [1.54, 1.807) is 16.8 Å². The van der Waals surface area contributed by atoms with Gasteiger partial charge in [-0.2, -0.15) is 5.10 Å². The molecule has 4 aromatic rings. The van der Waals surface area contributed by atoms with E-state index in [4.69, 9.17) is 0 Å². The predicted octanol–water partition coefficient (Wildman–Crippen LogP) is 4.22. The summed E-state index contributed by atoms with van der Waals surface area (Å²) >= 11 is 0. The van der Waals surface area contributed by atoms with Crippen LogP contribution in [0.5, 0.6) is 0 Å². The molecule has 0 saturated carbocycles. The number of aryl methyl sites for hydroxylation is 2. The number of halogens is 1. The topological polar surface area (TPSA) is 55.6 Å². The van der Waals surface area contributed by atoms with Crippen LogP contribution in [0.1, 0.15) is 5.69 Å². The second kappa shape index (κ2) is 5.98. The van der Waals surface area contributed by atoms with Gasteiger partial charge in [0.1, 0.15) is 16.9 Å². The summed E-state index contributed by atoms with van der Waals surface area (Å²) in [6.45, 7) is 1.91. The van der Waals surface area contributed by atoms with Crippen LogP contribution in [0.2, 0.25) is 0 Å². The number of fused-ring (bicyclic) bond motifs is 1. The lowest BCUT2D eigenvalue weighted by Gasteiger charge is -2.10. The monoisotopic (exact) mass is 333 g/mol. The predicted molar refractivity (Wildman–Crippen MR) is 96.2 cm³/mol. The second-order valence-electron chi connectivity index (χ2n) is 5.80. The highest BCUT2D eigenvalue weighted by atomic mass is 19.1. The molecule has 0 unspecified atom stereocenters. The zero-order valence-electron chi connectivity index (χ0n) is 13.9. The minimum atomic E-state index is -0.287. The van der Waals surface area contributed by atoms with Gasteiger partial charge < -0.3 is 5.32 Å². The fourth-order valence-electron chi connectivity index (χ4n) is 2.81. The number of nitrogens with one attached hydrogen (secondary N) is 1. The van der Waals surface area contributed by atoms with Crippen LogP contribution in [0, 0.1) is 12.7 Å². The number of nitrogens with zero attached hydrogens (tertiary/aromatic N) is 4. The molecule has 124 valence electrons. The number of para-hydroxylation sites is 1. The number of hydrogen-bond acceptors (Lipinski definition) is 4. The van der Waals surface area contributed by atoms with Crippen molar-refractivity contribution in [3.8, 4) is 11.4 Å². The standard InChI is InChI=1S/C19H16FN5/c1-12-16-17(25(2)24-12)19(21-15-6-4-3-5-7-15)23-18(22-16)13-8-10-14(20)11-9-13/h3-11H,1-2H3,(H,21,22,23). The first-order chi connectivity index (χ1) is 12.1. The van der Waals surface area contributed by atoms with Crippen LogP contribution < -0.4 is 5.32 Å². The molecular formula is C19H16FN5. The van der Waals surface area contributed by atoms with Crippen LogP contribution in [-0.4, -0.2) is 19.7 Å². The number of anilines is 2. The molecule has 0 bridgehead atoms. The fourth-order valence-corrected chi connectivity index (χ4v) is 2.81. The van der Waals surface area contributed by atoms with Crippen LogP contribution >= 0.6 is 0 Å². The molecule has 0 radical (unpaired) electrons. The van der Waals surface area contributed by atoms with Crippen LogP contribution in [0.25, 0.3) is 22.4 Å². The van der Waals surface area contributed by atoms with Crippen molar-refractivity contribution in [2.24, 2.45) is 7.05 Å². The highest BCUT2D eigenvalue weighted by Gasteiger charge is 2.16. The van der Waals surface area contributed by atoms with E-state index in [0.717, 1.165) is 28.0 Å². The number of rotatable bonds is 3. The van der Waals surface area contributed by atoms with E-state index in [1.165, 1.54) is 12.1 Å². The quantitative estimate of drug-likeness (QED) is 0.610. The maximum atomic E-state index is 13.2. The maximum absolute atomic E-state index is 13.2. The van der Waals surface area contributed by atoms with Crippen molar-refractivity contribution in [1.29, 1.82) is 0 Å². The first-order valence-electron chi connectivity index (χ1n) is 7.91. The van der Waals surface area contributed by atoms with Crippen molar-refractivity contribution in [2.45, 2.75) is 6.92 Å². The van der Waals surface area contributed by atoms with Gasteiger partial charge in [-0.3, -0.25) is 4.68 Å². The van der Waals surface area contributed by atoms with E-state index >= 15 is 0 Å². The van der Waals surface area contributed by atoms with Crippen molar-refractivity contribution in [3.63, 3.8) is 0 Å². The lowest BCUT2D eigenvalue weighted by atomic mass is 10.2. The van der Waals surface area contributed by atoms with Gasteiger partial charge in [0.05, 0.1) is 5.69 Å². The summed E-state index contributed by atoms with van der Waals surface area (Å²) < 4.78 is 15.0. The van der Waals surface area contributed by atoms with Gasteiger partial charge in [-0.05, 0) is 43.3 Å². The second-order valence-corrected chi connectivity index (χ2v) is 5.80. The minimum Gasteiger partial charge on any atom is -0.338 e. The molecule has 0 spiro atoms. The molecule has 0 amide bonds. The summed E-state index contributed by atoms with van der Waals surface area (Å²) in [7, 11) is 1.87. The Balaban J connectivity index is 1.91. The van der Waals surface area contributed by atoms with Gasteiger partial charge in [0, 0.05) is 18.3 Å². The maximum Gasteiger partial charge on any atom is 0.162 e. The Morgan fingerprint density at radius 2 is 1.68 bits per heavy atom. The normalized spacial score (nSPS) is 11.0. The Morgan fingerprint density at radius 1 is 0.960 bits per heavy atom.